The summed E-state index contributed by atoms with van der Waals surface area (Å²) in [6.07, 6.45) is 8.97. The number of rotatable bonds is 6. The van der Waals surface area contributed by atoms with Gasteiger partial charge in [-0.25, -0.2) is 9.28 Å². The normalized spacial score (nSPS) is 24.4. The molecule has 1 aliphatic carbocycles. The molecule has 3 rings (SSSR count). The molecule has 1 heterocycles. The highest BCUT2D eigenvalue weighted by atomic mass is 16.2. The molecule has 2 atom stereocenters. The van der Waals surface area contributed by atoms with Gasteiger partial charge in [0.1, 0.15) is 6.54 Å². The molecule has 0 radical (unpaired) electrons. The number of aryl methyl sites for hydroxylation is 1. The van der Waals surface area contributed by atoms with Gasteiger partial charge in [0.05, 0.1) is 6.54 Å². The molecule has 1 aromatic carbocycles. The van der Waals surface area contributed by atoms with Gasteiger partial charge in [-0.3, -0.25) is 4.79 Å². The first-order valence-corrected chi connectivity index (χ1v) is 11.2. The summed E-state index contributed by atoms with van der Waals surface area (Å²) in [6.45, 7) is 5.56. The summed E-state index contributed by atoms with van der Waals surface area (Å²) in [5.41, 5.74) is 8.61. The Morgan fingerprint density at radius 3 is 2.39 bits per heavy atom. The first-order valence-electron chi connectivity index (χ1n) is 11.2. The fourth-order valence-corrected chi connectivity index (χ4v) is 5.42. The minimum atomic E-state index is -0.315. The van der Waals surface area contributed by atoms with Crippen LogP contribution < -0.4 is 5.73 Å². The predicted molar refractivity (Wildman–Crippen MR) is 113 cm³/mol. The van der Waals surface area contributed by atoms with Crippen molar-refractivity contribution in [3.63, 3.8) is 0 Å². The number of ketones is 1. The zero-order valence-corrected chi connectivity index (χ0v) is 17.7. The maximum atomic E-state index is 13.6. The molecule has 28 heavy (non-hydrogen) atoms. The van der Waals surface area contributed by atoms with Crippen LogP contribution in [0.2, 0.25) is 0 Å². The quantitative estimate of drug-likeness (QED) is 0.702. The molecule has 154 valence electrons. The summed E-state index contributed by atoms with van der Waals surface area (Å²) >= 11 is 0. The lowest BCUT2D eigenvalue weighted by Crippen LogP contribution is -2.66. The van der Waals surface area contributed by atoms with Gasteiger partial charge in [-0.2, -0.15) is 0 Å². The Morgan fingerprint density at radius 1 is 1.07 bits per heavy atom. The van der Waals surface area contributed by atoms with Gasteiger partial charge in [-0.15, -0.1) is 0 Å². The number of nitrogens with two attached hydrogens (primary N) is 1. The molecular formula is C24H37N2O2+. The van der Waals surface area contributed by atoms with Crippen LogP contribution in [0.4, 0.5) is 4.79 Å². The lowest BCUT2D eigenvalue weighted by atomic mass is 9.79. The van der Waals surface area contributed by atoms with Crippen LogP contribution in [0.25, 0.3) is 0 Å². The first-order chi connectivity index (χ1) is 13.4. The Bertz CT molecular complexity index is 694. The predicted octanol–water partition coefficient (Wildman–Crippen LogP) is 4.98. The highest BCUT2D eigenvalue weighted by molar-refractivity contribution is 5.85. The Labute approximate surface area is 170 Å². The van der Waals surface area contributed by atoms with Crippen LogP contribution in [0.3, 0.4) is 0 Å². The van der Waals surface area contributed by atoms with Crippen LogP contribution in [0.5, 0.6) is 0 Å². The van der Waals surface area contributed by atoms with E-state index in [2.05, 4.69) is 32.0 Å². The number of benzene rings is 1. The third-order valence-corrected chi connectivity index (χ3v) is 6.94. The van der Waals surface area contributed by atoms with Crippen molar-refractivity contribution in [3.05, 3.63) is 35.4 Å². The number of primary amides is 1. The Balaban J connectivity index is 2.00. The summed E-state index contributed by atoms with van der Waals surface area (Å²) in [6, 6.07) is 7.79. The number of quaternary nitrogens is 1. The van der Waals surface area contributed by atoms with Gasteiger partial charge >= 0.3 is 6.03 Å². The van der Waals surface area contributed by atoms with Crippen LogP contribution in [0.15, 0.2) is 24.3 Å². The molecule has 0 spiro atoms. The number of hydrogen-bond donors (Lipinski definition) is 1. The molecule has 4 nitrogen and oxygen atoms in total. The number of Topliss-reactive ketones (excluding diaryl/α,β-unsaturated/α-hetero) is 1. The van der Waals surface area contributed by atoms with E-state index in [0.717, 1.165) is 44.9 Å². The van der Waals surface area contributed by atoms with E-state index < -0.39 is 0 Å². The summed E-state index contributed by atoms with van der Waals surface area (Å²) in [5.74, 6) is 1.03. The molecule has 0 bridgehead atoms. The summed E-state index contributed by atoms with van der Waals surface area (Å²) in [5, 5.41) is 0. The molecule has 4 heteroatoms. The number of amides is 2. The van der Waals surface area contributed by atoms with Crippen molar-refractivity contribution in [2.24, 2.45) is 17.6 Å². The van der Waals surface area contributed by atoms with Crippen molar-refractivity contribution in [1.29, 1.82) is 0 Å². The maximum absolute atomic E-state index is 13.6. The Hall–Kier alpha value is -1.68. The Kier molecular flexibility index (Phi) is 6.92. The molecule has 1 aliphatic heterocycles. The summed E-state index contributed by atoms with van der Waals surface area (Å²) < 4.78 is 0.138. The van der Waals surface area contributed by atoms with Crippen LogP contribution in [-0.4, -0.2) is 28.9 Å². The molecule has 2 amide bonds. The number of hydrogen-bond acceptors (Lipinski definition) is 2. The van der Waals surface area contributed by atoms with E-state index in [1.807, 2.05) is 6.07 Å². The number of carbonyl (C=O) groups is 2. The molecule has 1 saturated carbocycles. The molecule has 1 aromatic rings. The van der Waals surface area contributed by atoms with E-state index in [1.54, 1.807) is 0 Å². The number of carbonyl (C=O) groups excluding carboxylic acids is 2. The smallest absolute Gasteiger partial charge is 0.319 e. The minimum Gasteiger partial charge on any atom is -0.319 e. The second-order valence-electron chi connectivity index (χ2n) is 9.37. The highest BCUT2D eigenvalue weighted by Crippen LogP contribution is 2.37. The molecule has 2 N–H and O–H groups in total. The fraction of sp³-hybridized carbons (Fsp3) is 0.667. The van der Waals surface area contributed by atoms with Gasteiger partial charge < -0.3 is 5.73 Å². The van der Waals surface area contributed by atoms with Crippen LogP contribution in [-0.2, 0) is 17.8 Å². The standard InChI is InChI=1S/C24H36N2O2/c1-18(2)14-15-22(27)23(20-10-4-3-5-11-20)26(24(25)28)16-8-13-19-9-6-7-12-21(19)17-26/h6-7,9,12,18,20,23H,3-5,8,10-11,13-17H2,1-2H3,(H-,25,28)/p+1. The topological polar surface area (TPSA) is 60.2 Å². The lowest BCUT2D eigenvalue weighted by Gasteiger charge is -2.44. The number of fused-ring (bicyclic) bond motifs is 1. The maximum Gasteiger partial charge on any atom is 0.414 e. The second kappa shape index (κ2) is 9.21. The second-order valence-corrected chi connectivity index (χ2v) is 9.37. The fourth-order valence-electron chi connectivity index (χ4n) is 5.42. The summed E-state index contributed by atoms with van der Waals surface area (Å²) in [4.78, 5) is 26.6. The van der Waals surface area contributed by atoms with Crippen LogP contribution in [0, 0.1) is 11.8 Å². The van der Waals surface area contributed by atoms with Crippen LogP contribution in [0.1, 0.15) is 76.3 Å². The average Bonchev–Trinajstić information content (AvgIpc) is 2.87. The van der Waals surface area contributed by atoms with Gasteiger partial charge in [0.15, 0.2) is 11.8 Å². The van der Waals surface area contributed by atoms with E-state index in [1.165, 1.54) is 17.5 Å². The third kappa shape index (κ3) is 4.48. The van der Waals surface area contributed by atoms with Crippen molar-refractivity contribution in [3.8, 4) is 0 Å². The third-order valence-electron chi connectivity index (χ3n) is 6.94. The van der Waals surface area contributed by atoms with E-state index in [4.69, 9.17) is 5.73 Å². The molecule has 1 fully saturated rings. The van der Waals surface area contributed by atoms with E-state index in [-0.39, 0.29) is 28.3 Å². The molecular weight excluding hydrogens is 348 g/mol. The van der Waals surface area contributed by atoms with Crippen molar-refractivity contribution >= 4 is 11.8 Å². The zero-order chi connectivity index (χ0) is 20.1. The van der Waals surface area contributed by atoms with E-state index in [0.29, 0.717) is 25.4 Å². The van der Waals surface area contributed by atoms with Crippen molar-refractivity contribution in [2.45, 2.75) is 84.2 Å². The van der Waals surface area contributed by atoms with Crippen molar-refractivity contribution in [2.75, 3.05) is 6.54 Å². The highest BCUT2D eigenvalue weighted by Gasteiger charge is 2.51. The number of urea groups is 1. The van der Waals surface area contributed by atoms with Gasteiger partial charge in [-0.1, -0.05) is 57.4 Å². The van der Waals surface area contributed by atoms with Gasteiger partial charge in [0.2, 0.25) is 0 Å². The van der Waals surface area contributed by atoms with E-state index in [9.17, 15) is 9.59 Å². The molecule has 2 aliphatic rings. The largest absolute Gasteiger partial charge is 0.414 e. The van der Waals surface area contributed by atoms with Gasteiger partial charge in [-0.05, 0) is 37.2 Å². The van der Waals surface area contributed by atoms with Gasteiger partial charge in [0, 0.05) is 24.3 Å². The Morgan fingerprint density at radius 2 is 1.75 bits per heavy atom. The monoisotopic (exact) mass is 385 g/mol. The molecule has 2 unspecified atom stereocenters. The van der Waals surface area contributed by atoms with Crippen molar-refractivity contribution in [1.82, 2.24) is 0 Å². The molecule has 0 aromatic heterocycles. The van der Waals surface area contributed by atoms with Crippen molar-refractivity contribution < 1.29 is 14.1 Å². The SMILES string of the molecule is CC(C)CCC(=O)C(C1CCCCC1)[N+]1(C(N)=O)CCCc2ccccc2C1. The van der Waals surface area contributed by atoms with Gasteiger partial charge in [0.25, 0.3) is 0 Å². The summed E-state index contributed by atoms with van der Waals surface area (Å²) in [7, 11) is 0. The van der Waals surface area contributed by atoms with E-state index >= 15 is 0 Å². The first kappa shape index (κ1) is 21.0. The average molecular weight is 386 g/mol. The number of nitrogens with zero attached hydrogens (tertiary/aromatic N) is 1. The molecule has 0 saturated heterocycles. The zero-order valence-electron chi connectivity index (χ0n) is 17.7. The van der Waals surface area contributed by atoms with Crippen LogP contribution >= 0.6 is 0 Å². The lowest BCUT2D eigenvalue weighted by molar-refractivity contribution is -0.882. The minimum absolute atomic E-state index is 0.138.